The van der Waals surface area contributed by atoms with Gasteiger partial charge in [-0.3, -0.25) is 4.79 Å². The highest BCUT2D eigenvalue weighted by Gasteiger charge is 2.55. The number of aryl methyl sites for hydroxylation is 1. The van der Waals surface area contributed by atoms with Gasteiger partial charge in [0.15, 0.2) is 0 Å². The summed E-state index contributed by atoms with van der Waals surface area (Å²) in [6, 6.07) is 21.4. The summed E-state index contributed by atoms with van der Waals surface area (Å²) in [5.41, 5.74) is 2.61. The molecule has 0 aromatic heterocycles. The van der Waals surface area contributed by atoms with Gasteiger partial charge in [0, 0.05) is 63.1 Å². The predicted octanol–water partition coefficient (Wildman–Crippen LogP) is 2.30. The van der Waals surface area contributed by atoms with E-state index in [1.807, 2.05) is 18.2 Å². The van der Waals surface area contributed by atoms with Gasteiger partial charge in [0.25, 0.3) is 0 Å². The molecule has 28 heavy (non-hydrogen) atoms. The molecule has 2 aromatic rings. The van der Waals surface area contributed by atoms with Crippen LogP contribution in [0.5, 0.6) is 0 Å². The molecule has 1 N–H and O–H groups in total. The second kappa shape index (κ2) is 7.34. The molecule has 4 heterocycles. The van der Waals surface area contributed by atoms with E-state index in [9.17, 15) is 4.79 Å². The molecule has 4 heteroatoms. The second-order valence-electron chi connectivity index (χ2n) is 8.78. The third kappa shape index (κ3) is 3.25. The fraction of sp³-hybridized carbons (Fsp3) is 0.458. The first-order valence-electron chi connectivity index (χ1n) is 10.6. The zero-order chi connectivity index (χ0) is 19.0. The summed E-state index contributed by atoms with van der Waals surface area (Å²) in [7, 11) is 0. The Kier molecular flexibility index (Phi) is 4.69. The summed E-state index contributed by atoms with van der Waals surface area (Å²) in [5.74, 6) is 0.700. The van der Waals surface area contributed by atoms with E-state index in [-0.39, 0.29) is 17.4 Å². The highest BCUT2D eigenvalue weighted by molar-refractivity contribution is 5.77. The summed E-state index contributed by atoms with van der Waals surface area (Å²) >= 11 is 0. The number of nitrogens with zero attached hydrogens (tertiary/aromatic N) is 2. The zero-order valence-electron chi connectivity index (χ0n) is 16.4. The molecule has 4 saturated heterocycles. The van der Waals surface area contributed by atoms with Crippen LogP contribution < -0.4 is 5.32 Å². The lowest BCUT2D eigenvalue weighted by Crippen LogP contribution is -2.70. The largest absolute Gasteiger partial charge is 0.352 e. The Bertz CT molecular complexity index is 806. The molecule has 0 saturated carbocycles. The fourth-order valence-corrected chi connectivity index (χ4v) is 5.72. The minimum absolute atomic E-state index is 0.00132. The average Bonchev–Trinajstić information content (AvgIpc) is 2.99. The quantitative estimate of drug-likeness (QED) is 0.871. The first-order chi connectivity index (χ1) is 13.7. The van der Waals surface area contributed by atoms with Crippen molar-refractivity contribution in [2.24, 2.45) is 5.92 Å². The first kappa shape index (κ1) is 17.9. The molecule has 3 atom stereocenters. The van der Waals surface area contributed by atoms with Crippen molar-refractivity contribution in [3.63, 3.8) is 0 Å². The molecule has 4 nitrogen and oxygen atoms in total. The van der Waals surface area contributed by atoms with E-state index in [0.717, 1.165) is 45.7 Å². The van der Waals surface area contributed by atoms with E-state index in [1.165, 1.54) is 11.1 Å². The van der Waals surface area contributed by atoms with Gasteiger partial charge in [-0.15, -0.1) is 0 Å². The third-order valence-corrected chi connectivity index (χ3v) is 6.94. The number of rotatable bonds is 5. The maximum Gasteiger partial charge on any atom is 0.220 e. The lowest BCUT2D eigenvalue weighted by Gasteiger charge is -2.55. The molecule has 2 unspecified atom stereocenters. The average molecular weight is 376 g/mol. The molecule has 0 spiro atoms. The predicted molar refractivity (Wildman–Crippen MR) is 111 cm³/mol. The van der Waals surface area contributed by atoms with Gasteiger partial charge < -0.3 is 15.1 Å². The van der Waals surface area contributed by atoms with Crippen LogP contribution in [-0.2, 0) is 16.6 Å². The van der Waals surface area contributed by atoms with Crippen molar-refractivity contribution in [1.82, 2.24) is 15.1 Å². The lowest BCUT2D eigenvalue weighted by atomic mass is 9.64. The Morgan fingerprint density at radius 3 is 2.18 bits per heavy atom. The first-order valence-corrected chi connectivity index (χ1v) is 10.6. The monoisotopic (exact) mass is 375 g/mol. The van der Waals surface area contributed by atoms with Gasteiger partial charge in [-0.25, -0.2) is 0 Å². The maximum absolute atomic E-state index is 12.9. The minimum atomic E-state index is 0.00132. The molecular weight excluding hydrogens is 346 g/mol. The van der Waals surface area contributed by atoms with Crippen LogP contribution in [0.15, 0.2) is 60.7 Å². The molecule has 2 aromatic carbocycles. The molecule has 0 radical (unpaired) electrons. The number of piperidine rings is 2. The minimum Gasteiger partial charge on any atom is -0.352 e. The Labute approximate surface area is 167 Å². The highest BCUT2D eigenvalue weighted by atomic mass is 16.1. The number of hydrogen-bond donors (Lipinski definition) is 1. The molecular formula is C24H29N3O. The van der Waals surface area contributed by atoms with Gasteiger partial charge in [0.05, 0.1) is 0 Å². The lowest BCUT2D eigenvalue weighted by molar-refractivity contribution is -0.124. The van der Waals surface area contributed by atoms with Crippen LogP contribution >= 0.6 is 0 Å². The van der Waals surface area contributed by atoms with Gasteiger partial charge in [0.1, 0.15) is 0 Å². The number of carbonyl (C=O) groups is 1. The van der Waals surface area contributed by atoms with Crippen molar-refractivity contribution >= 4 is 5.91 Å². The van der Waals surface area contributed by atoms with Crippen LogP contribution in [0.3, 0.4) is 0 Å². The maximum atomic E-state index is 12.9. The van der Waals surface area contributed by atoms with Gasteiger partial charge in [-0.05, 0) is 17.5 Å². The molecule has 146 valence electrons. The van der Waals surface area contributed by atoms with Crippen molar-refractivity contribution in [3.05, 3.63) is 71.8 Å². The Morgan fingerprint density at radius 1 is 0.929 bits per heavy atom. The van der Waals surface area contributed by atoms with E-state index in [2.05, 4.69) is 57.6 Å². The van der Waals surface area contributed by atoms with Crippen LogP contribution in [0.1, 0.15) is 17.5 Å². The van der Waals surface area contributed by atoms with Crippen LogP contribution in [0.4, 0.5) is 0 Å². The van der Waals surface area contributed by atoms with Crippen molar-refractivity contribution in [1.29, 1.82) is 0 Å². The molecule has 4 bridgehead atoms. The van der Waals surface area contributed by atoms with Crippen LogP contribution in [-0.4, -0.2) is 61.0 Å². The van der Waals surface area contributed by atoms with Crippen molar-refractivity contribution in [2.75, 3.05) is 39.3 Å². The smallest absolute Gasteiger partial charge is 0.220 e. The zero-order valence-corrected chi connectivity index (χ0v) is 16.4. The van der Waals surface area contributed by atoms with Crippen LogP contribution in [0.25, 0.3) is 0 Å². The number of nitrogens with one attached hydrogen (secondary N) is 1. The number of fused-ring (bicyclic) bond motifs is 1. The summed E-state index contributed by atoms with van der Waals surface area (Å²) in [6.45, 7) is 6.62. The molecule has 6 rings (SSSR count). The highest BCUT2D eigenvalue weighted by Crippen LogP contribution is 2.43. The van der Waals surface area contributed by atoms with E-state index >= 15 is 0 Å². The number of benzene rings is 2. The molecule has 4 aliphatic heterocycles. The number of carbonyl (C=O) groups excluding carboxylic acids is 1. The normalized spacial score (nSPS) is 33.4. The third-order valence-electron chi connectivity index (χ3n) is 6.94. The standard InChI is InChI=1S/C24H29N3O/c28-22(12-11-19-7-3-1-4-8-19)25-23-20-15-26-13-14-27(16-20)18-24(23,17-26)21-9-5-2-6-10-21/h1-10,20,23H,11-18H2,(H,25,28)/t20?,23-,24?/m1/s1. The Balaban J connectivity index is 1.38. The summed E-state index contributed by atoms with van der Waals surface area (Å²) < 4.78 is 0. The van der Waals surface area contributed by atoms with Gasteiger partial charge in [-0.2, -0.15) is 0 Å². The summed E-state index contributed by atoms with van der Waals surface area (Å²) in [5, 5.41) is 3.51. The van der Waals surface area contributed by atoms with E-state index < -0.39 is 0 Å². The van der Waals surface area contributed by atoms with Crippen LogP contribution in [0, 0.1) is 5.92 Å². The second-order valence-corrected chi connectivity index (χ2v) is 8.78. The number of amides is 1. The van der Waals surface area contributed by atoms with Gasteiger partial charge in [-0.1, -0.05) is 60.7 Å². The van der Waals surface area contributed by atoms with Gasteiger partial charge in [0.2, 0.25) is 5.91 Å². The molecule has 1 amide bonds. The summed E-state index contributed by atoms with van der Waals surface area (Å²) in [6.07, 6.45) is 1.37. The van der Waals surface area contributed by atoms with E-state index in [0.29, 0.717) is 12.3 Å². The van der Waals surface area contributed by atoms with Crippen LogP contribution in [0.2, 0.25) is 0 Å². The Hall–Kier alpha value is -2.17. The fourth-order valence-electron chi connectivity index (χ4n) is 5.72. The molecule has 4 aliphatic rings. The van der Waals surface area contributed by atoms with Crippen molar-refractivity contribution in [3.8, 4) is 0 Å². The van der Waals surface area contributed by atoms with Crippen molar-refractivity contribution in [2.45, 2.75) is 24.3 Å². The summed E-state index contributed by atoms with van der Waals surface area (Å²) in [4.78, 5) is 18.2. The van der Waals surface area contributed by atoms with E-state index in [1.54, 1.807) is 0 Å². The van der Waals surface area contributed by atoms with Gasteiger partial charge >= 0.3 is 0 Å². The SMILES string of the molecule is O=C(CCc1ccccc1)N[C@@H]1C2CN3CCN(C2)CC1(c1ccccc1)C3. The Morgan fingerprint density at radius 2 is 1.54 bits per heavy atom. The molecule has 4 fully saturated rings. The topological polar surface area (TPSA) is 35.6 Å². The van der Waals surface area contributed by atoms with E-state index in [4.69, 9.17) is 0 Å². The molecule has 0 aliphatic carbocycles. The van der Waals surface area contributed by atoms with Crippen molar-refractivity contribution < 1.29 is 4.79 Å². The number of hydrogen-bond acceptors (Lipinski definition) is 3.